The van der Waals surface area contributed by atoms with Crippen LogP contribution in [0.4, 0.5) is 13.2 Å². The Hall–Kier alpha value is -3.49. The van der Waals surface area contributed by atoms with E-state index in [1.807, 2.05) is 6.92 Å². The fourth-order valence-corrected chi connectivity index (χ4v) is 2.53. The first-order valence-electron chi connectivity index (χ1n) is 8.41. The van der Waals surface area contributed by atoms with Crippen LogP contribution >= 0.6 is 0 Å². The fourth-order valence-electron chi connectivity index (χ4n) is 2.53. The first-order chi connectivity index (χ1) is 13.7. The van der Waals surface area contributed by atoms with E-state index in [2.05, 4.69) is 5.10 Å². The Balaban J connectivity index is 2.00. The molecular formula is C20H17F3N2O4. The van der Waals surface area contributed by atoms with Crippen LogP contribution in [0.15, 0.2) is 48.5 Å². The number of ether oxygens (including phenoxy) is 3. The summed E-state index contributed by atoms with van der Waals surface area (Å²) in [4.78, 5) is 12.6. The van der Waals surface area contributed by atoms with Crippen LogP contribution in [0.2, 0.25) is 0 Å². The third kappa shape index (κ3) is 4.50. The van der Waals surface area contributed by atoms with E-state index in [1.165, 1.54) is 26.4 Å². The molecule has 152 valence electrons. The van der Waals surface area contributed by atoms with Gasteiger partial charge in [-0.25, -0.2) is 9.48 Å². The molecule has 1 heterocycles. The van der Waals surface area contributed by atoms with Gasteiger partial charge in [-0.05, 0) is 31.2 Å². The number of aryl methyl sites for hydroxylation is 1. The number of benzene rings is 2. The maximum absolute atomic E-state index is 13.2. The van der Waals surface area contributed by atoms with Crippen molar-refractivity contribution in [1.29, 1.82) is 0 Å². The zero-order valence-electron chi connectivity index (χ0n) is 15.8. The Morgan fingerprint density at radius 2 is 1.55 bits per heavy atom. The topological polar surface area (TPSA) is 62.6 Å². The first-order valence-corrected chi connectivity index (χ1v) is 8.41. The van der Waals surface area contributed by atoms with Gasteiger partial charge in [-0.1, -0.05) is 17.7 Å². The standard InChI is InChI=1S/C20H17F3N2O4/c1-12-4-6-14(7-5-12)25-18(11-17(24-25)20(21,22)23)29-19(26)13-8-15(27-2)10-16(9-13)28-3/h4-11H,1-3H3. The van der Waals surface area contributed by atoms with E-state index in [1.54, 1.807) is 30.3 Å². The van der Waals surface area contributed by atoms with Crippen LogP contribution in [0, 0.1) is 6.92 Å². The van der Waals surface area contributed by atoms with E-state index >= 15 is 0 Å². The van der Waals surface area contributed by atoms with Crippen LogP contribution < -0.4 is 14.2 Å². The van der Waals surface area contributed by atoms with Crippen molar-refractivity contribution in [3.8, 4) is 23.1 Å². The van der Waals surface area contributed by atoms with Crippen molar-refractivity contribution < 1.29 is 32.2 Å². The van der Waals surface area contributed by atoms with Crippen LogP contribution in [0.25, 0.3) is 5.69 Å². The molecule has 0 saturated heterocycles. The molecule has 0 aliphatic carbocycles. The first kappa shape index (κ1) is 20.2. The van der Waals surface area contributed by atoms with E-state index in [4.69, 9.17) is 14.2 Å². The minimum atomic E-state index is -4.70. The average molecular weight is 406 g/mol. The van der Waals surface area contributed by atoms with Crippen molar-refractivity contribution in [2.45, 2.75) is 13.1 Å². The van der Waals surface area contributed by atoms with Gasteiger partial charge in [0.2, 0.25) is 5.88 Å². The molecule has 9 heteroatoms. The lowest BCUT2D eigenvalue weighted by molar-refractivity contribution is -0.141. The van der Waals surface area contributed by atoms with Crippen LogP contribution in [-0.4, -0.2) is 30.0 Å². The van der Waals surface area contributed by atoms with Crippen LogP contribution in [-0.2, 0) is 6.18 Å². The number of rotatable bonds is 5. The number of methoxy groups -OCH3 is 2. The molecule has 0 unspecified atom stereocenters. The second-order valence-electron chi connectivity index (χ2n) is 6.10. The largest absolute Gasteiger partial charge is 0.497 e. The van der Waals surface area contributed by atoms with Gasteiger partial charge in [0.1, 0.15) is 11.5 Å². The van der Waals surface area contributed by atoms with E-state index in [9.17, 15) is 18.0 Å². The van der Waals surface area contributed by atoms with E-state index in [-0.39, 0.29) is 11.4 Å². The summed E-state index contributed by atoms with van der Waals surface area (Å²) in [5.74, 6) is -0.587. The SMILES string of the molecule is COc1cc(OC)cc(C(=O)Oc2cc(C(F)(F)F)nn2-c2ccc(C)cc2)c1. The van der Waals surface area contributed by atoms with Gasteiger partial charge in [-0.2, -0.15) is 18.3 Å². The van der Waals surface area contributed by atoms with Crippen molar-refractivity contribution in [3.63, 3.8) is 0 Å². The van der Waals surface area contributed by atoms with Gasteiger partial charge >= 0.3 is 12.1 Å². The molecule has 1 aromatic heterocycles. The molecule has 0 aliphatic heterocycles. The van der Waals surface area contributed by atoms with Crippen molar-refractivity contribution in [3.05, 3.63) is 65.4 Å². The molecule has 0 N–H and O–H groups in total. The molecule has 0 radical (unpaired) electrons. The zero-order valence-corrected chi connectivity index (χ0v) is 15.8. The van der Waals surface area contributed by atoms with Crippen molar-refractivity contribution in [2.75, 3.05) is 14.2 Å². The number of nitrogens with zero attached hydrogens (tertiary/aromatic N) is 2. The predicted molar refractivity (Wildman–Crippen MR) is 97.8 cm³/mol. The predicted octanol–water partition coefficient (Wildman–Crippen LogP) is 4.44. The van der Waals surface area contributed by atoms with Gasteiger partial charge in [0.25, 0.3) is 0 Å². The van der Waals surface area contributed by atoms with E-state index in [0.717, 1.165) is 10.2 Å². The molecular weight excluding hydrogens is 389 g/mol. The number of carbonyl (C=O) groups excluding carboxylic acids is 1. The summed E-state index contributed by atoms with van der Waals surface area (Å²) in [5, 5.41) is 3.56. The molecule has 3 rings (SSSR count). The highest BCUT2D eigenvalue weighted by Gasteiger charge is 2.36. The zero-order chi connectivity index (χ0) is 21.2. The summed E-state index contributed by atoms with van der Waals surface area (Å²) < 4.78 is 55.9. The molecule has 0 saturated carbocycles. The summed E-state index contributed by atoms with van der Waals surface area (Å²) in [7, 11) is 2.82. The van der Waals surface area contributed by atoms with Crippen LogP contribution in [0.5, 0.6) is 17.4 Å². The second-order valence-corrected chi connectivity index (χ2v) is 6.10. The number of halogens is 3. The maximum atomic E-state index is 13.2. The average Bonchev–Trinajstić information content (AvgIpc) is 3.12. The molecule has 0 spiro atoms. The summed E-state index contributed by atoms with van der Waals surface area (Å²) in [6.45, 7) is 1.84. The van der Waals surface area contributed by atoms with Gasteiger partial charge in [-0.3, -0.25) is 0 Å². The molecule has 6 nitrogen and oxygen atoms in total. The third-order valence-electron chi connectivity index (χ3n) is 4.03. The lowest BCUT2D eigenvalue weighted by Gasteiger charge is -2.10. The molecule has 3 aromatic rings. The Morgan fingerprint density at radius 1 is 0.966 bits per heavy atom. The van der Waals surface area contributed by atoms with Gasteiger partial charge < -0.3 is 14.2 Å². The molecule has 0 aliphatic rings. The lowest BCUT2D eigenvalue weighted by atomic mass is 10.2. The second kappa shape index (κ2) is 7.86. The van der Waals surface area contributed by atoms with Crippen molar-refractivity contribution >= 4 is 5.97 Å². The van der Waals surface area contributed by atoms with Gasteiger partial charge in [0.15, 0.2) is 5.69 Å². The Morgan fingerprint density at radius 3 is 2.07 bits per heavy atom. The lowest BCUT2D eigenvalue weighted by Crippen LogP contribution is -2.12. The third-order valence-corrected chi connectivity index (χ3v) is 4.03. The smallest absolute Gasteiger partial charge is 0.435 e. The number of hydrogen-bond acceptors (Lipinski definition) is 5. The minimum Gasteiger partial charge on any atom is -0.497 e. The monoisotopic (exact) mass is 406 g/mol. The summed E-state index contributed by atoms with van der Waals surface area (Å²) in [6.07, 6.45) is -4.70. The number of alkyl halides is 3. The fraction of sp³-hybridized carbons (Fsp3) is 0.200. The highest BCUT2D eigenvalue weighted by molar-refractivity contribution is 5.92. The number of carbonyl (C=O) groups is 1. The minimum absolute atomic E-state index is 0.0476. The van der Waals surface area contributed by atoms with Gasteiger partial charge in [0, 0.05) is 12.1 Å². The number of hydrogen-bond donors (Lipinski definition) is 0. The quantitative estimate of drug-likeness (QED) is 0.587. The molecule has 0 bridgehead atoms. The van der Waals surface area contributed by atoms with Crippen LogP contribution in [0.1, 0.15) is 21.6 Å². The van der Waals surface area contributed by atoms with Crippen LogP contribution in [0.3, 0.4) is 0 Å². The van der Waals surface area contributed by atoms with E-state index in [0.29, 0.717) is 23.3 Å². The summed E-state index contributed by atoms with van der Waals surface area (Å²) in [6, 6.07) is 11.6. The van der Waals surface area contributed by atoms with Crippen molar-refractivity contribution in [1.82, 2.24) is 9.78 Å². The maximum Gasteiger partial charge on any atom is 0.435 e. The highest BCUT2D eigenvalue weighted by Crippen LogP contribution is 2.33. The number of esters is 1. The normalized spacial score (nSPS) is 11.2. The van der Waals surface area contributed by atoms with Gasteiger partial charge in [0.05, 0.1) is 25.5 Å². The molecule has 0 atom stereocenters. The van der Waals surface area contributed by atoms with Gasteiger partial charge in [-0.15, -0.1) is 0 Å². The molecule has 0 fully saturated rings. The number of aromatic nitrogens is 2. The highest BCUT2D eigenvalue weighted by atomic mass is 19.4. The summed E-state index contributed by atoms with van der Waals surface area (Å²) >= 11 is 0. The van der Waals surface area contributed by atoms with E-state index < -0.39 is 17.8 Å². The Kier molecular flexibility index (Phi) is 5.49. The summed E-state index contributed by atoms with van der Waals surface area (Å²) in [5.41, 5.74) is 0.103. The molecule has 0 amide bonds. The Bertz CT molecular complexity index is 1000. The van der Waals surface area contributed by atoms with Crippen molar-refractivity contribution in [2.24, 2.45) is 0 Å². The molecule has 29 heavy (non-hydrogen) atoms. The Labute approximate surface area is 164 Å². The molecule has 2 aromatic carbocycles.